The Bertz CT molecular complexity index is 168. The minimum Gasteiger partial charge on any atom is -0.380 e. The highest BCUT2D eigenvalue weighted by Gasteiger charge is 2.29. The average molecular weight is 259 g/mol. The SMILES string of the molecule is Cl.Cl.NC1CCOCC1N1CCOCC1. The molecule has 2 saturated heterocycles. The second kappa shape index (κ2) is 7.65. The first-order chi connectivity index (χ1) is 6.38. The normalized spacial score (nSPS) is 32.6. The van der Waals surface area contributed by atoms with E-state index in [0.717, 1.165) is 45.9 Å². The first-order valence-corrected chi connectivity index (χ1v) is 5.03. The Balaban J connectivity index is 0.000000980. The summed E-state index contributed by atoms with van der Waals surface area (Å²) in [7, 11) is 0. The lowest BCUT2D eigenvalue weighted by Gasteiger charge is -2.39. The first-order valence-electron chi connectivity index (χ1n) is 5.03. The Morgan fingerprint density at radius 3 is 2.27 bits per heavy atom. The summed E-state index contributed by atoms with van der Waals surface area (Å²) in [6, 6.07) is 0.699. The van der Waals surface area contributed by atoms with E-state index in [1.807, 2.05) is 0 Å². The average Bonchev–Trinajstić information content (AvgIpc) is 2.20. The molecule has 0 aliphatic carbocycles. The van der Waals surface area contributed by atoms with Crippen LogP contribution in [0.25, 0.3) is 0 Å². The summed E-state index contributed by atoms with van der Waals surface area (Å²) in [5.74, 6) is 0. The van der Waals surface area contributed by atoms with Crippen molar-refractivity contribution >= 4 is 24.8 Å². The molecule has 2 heterocycles. The molecule has 0 amide bonds. The molecule has 4 nitrogen and oxygen atoms in total. The molecule has 0 bridgehead atoms. The maximum absolute atomic E-state index is 6.05. The highest BCUT2D eigenvalue weighted by Crippen LogP contribution is 2.13. The third kappa shape index (κ3) is 4.06. The van der Waals surface area contributed by atoms with E-state index in [-0.39, 0.29) is 30.9 Å². The van der Waals surface area contributed by atoms with Gasteiger partial charge < -0.3 is 15.2 Å². The molecule has 2 aliphatic heterocycles. The van der Waals surface area contributed by atoms with Crippen molar-refractivity contribution in [3.05, 3.63) is 0 Å². The molecule has 2 atom stereocenters. The molecule has 0 saturated carbocycles. The van der Waals surface area contributed by atoms with Crippen LogP contribution < -0.4 is 5.73 Å². The van der Waals surface area contributed by atoms with Gasteiger partial charge in [-0.2, -0.15) is 0 Å². The number of hydrogen-bond donors (Lipinski definition) is 1. The van der Waals surface area contributed by atoms with Gasteiger partial charge in [0.15, 0.2) is 0 Å². The largest absolute Gasteiger partial charge is 0.380 e. The summed E-state index contributed by atoms with van der Waals surface area (Å²) < 4.78 is 10.7. The molecule has 15 heavy (non-hydrogen) atoms. The molecule has 0 aromatic carbocycles. The second-order valence-corrected chi connectivity index (χ2v) is 3.74. The summed E-state index contributed by atoms with van der Waals surface area (Å²) in [5, 5.41) is 0. The molecule has 2 N–H and O–H groups in total. The van der Waals surface area contributed by atoms with Crippen molar-refractivity contribution in [1.82, 2.24) is 4.90 Å². The third-order valence-electron chi connectivity index (χ3n) is 2.89. The van der Waals surface area contributed by atoms with Gasteiger partial charge in [-0.3, -0.25) is 4.90 Å². The van der Waals surface area contributed by atoms with Crippen LogP contribution in [-0.2, 0) is 9.47 Å². The van der Waals surface area contributed by atoms with Crippen molar-refractivity contribution in [1.29, 1.82) is 0 Å². The lowest BCUT2D eigenvalue weighted by Crippen LogP contribution is -2.56. The van der Waals surface area contributed by atoms with Gasteiger partial charge in [-0.15, -0.1) is 24.8 Å². The quantitative estimate of drug-likeness (QED) is 0.734. The van der Waals surface area contributed by atoms with E-state index in [4.69, 9.17) is 15.2 Å². The molecule has 2 unspecified atom stereocenters. The van der Waals surface area contributed by atoms with E-state index in [2.05, 4.69) is 4.90 Å². The molecule has 0 aromatic heterocycles. The van der Waals surface area contributed by atoms with Gasteiger partial charge in [0.25, 0.3) is 0 Å². The molecule has 0 aromatic rings. The Morgan fingerprint density at radius 2 is 1.67 bits per heavy atom. The number of ether oxygens (including phenoxy) is 2. The van der Waals surface area contributed by atoms with E-state index in [0.29, 0.717) is 6.04 Å². The molecule has 92 valence electrons. The maximum atomic E-state index is 6.05. The summed E-state index contributed by atoms with van der Waals surface area (Å²) in [6.45, 7) is 5.29. The van der Waals surface area contributed by atoms with Crippen LogP contribution in [-0.4, -0.2) is 56.5 Å². The minimum atomic E-state index is 0. The Kier molecular flexibility index (Phi) is 7.87. The van der Waals surface area contributed by atoms with Crippen molar-refractivity contribution < 1.29 is 9.47 Å². The van der Waals surface area contributed by atoms with Crippen LogP contribution >= 0.6 is 24.8 Å². The fraction of sp³-hybridized carbons (Fsp3) is 1.00. The zero-order valence-electron chi connectivity index (χ0n) is 8.76. The van der Waals surface area contributed by atoms with Gasteiger partial charge >= 0.3 is 0 Å². The molecule has 0 radical (unpaired) electrons. The number of hydrogen-bond acceptors (Lipinski definition) is 4. The number of nitrogens with zero attached hydrogens (tertiary/aromatic N) is 1. The minimum absolute atomic E-state index is 0. The summed E-state index contributed by atoms with van der Waals surface area (Å²) in [4.78, 5) is 2.40. The third-order valence-corrected chi connectivity index (χ3v) is 2.89. The molecule has 0 spiro atoms. The van der Waals surface area contributed by atoms with Crippen molar-refractivity contribution in [2.45, 2.75) is 18.5 Å². The second-order valence-electron chi connectivity index (χ2n) is 3.74. The van der Waals surface area contributed by atoms with E-state index >= 15 is 0 Å². The van der Waals surface area contributed by atoms with Crippen LogP contribution in [0, 0.1) is 0 Å². The monoisotopic (exact) mass is 258 g/mol. The number of halogens is 2. The van der Waals surface area contributed by atoms with E-state index in [1.54, 1.807) is 0 Å². The van der Waals surface area contributed by atoms with Gasteiger partial charge in [0, 0.05) is 31.8 Å². The van der Waals surface area contributed by atoms with Gasteiger partial charge in [-0.25, -0.2) is 0 Å². The van der Waals surface area contributed by atoms with Gasteiger partial charge in [-0.05, 0) is 6.42 Å². The van der Waals surface area contributed by atoms with E-state index < -0.39 is 0 Å². The first kappa shape index (κ1) is 15.4. The fourth-order valence-electron chi connectivity index (χ4n) is 2.02. The number of rotatable bonds is 1. The predicted octanol–water partition coefficient (Wildman–Crippen LogP) is 0.278. The Morgan fingerprint density at radius 1 is 1.00 bits per heavy atom. The number of morpholine rings is 1. The zero-order valence-corrected chi connectivity index (χ0v) is 10.4. The van der Waals surface area contributed by atoms with Crippen LogP contribution in [0.5, 0.6) is 0 Å². The van der Waals surface area contributed by atoms with Crippen LogP contribution in [0.4, 0.5) is 0 Å². The Hall–Kier alpha value is 0.420. The molecule has 2 fully saturated rings. The van der Waals surface area contributed by atoms with Crippen LogP contribution in [0.15, 0.2) is 0 Å². The maximum Gasteiger partial charge on any atom is 0.0636 e. The molecule has 2 aliphatic rings. The topological polar surface area (TPSA) is 47.7 Å². The van der Waals surface area contributed by atoms with Crippen molar-refractivity contribution in [3.63, 3.8) is 0 Å². The smallest absolute Gasteiger partial charge is 0.0636 e. The van der Waals surface area contributed by atoms with Crippen molar-refractivity contribution in [2.24, 2.45) is 5.73 Å². The number of nitrogens with two attached hydrogens (primary N) is 1. The zero-order chi connectivity index (χ0) is 9.10. The van der Waals surface area contributed by atoms with Gasteiger partial charge in [-0.1, -0.05) is 0 Å². The summed E-state index contributed by atoms with van der Waals surface area (Å²) >= 11 is 0. The van der Waals surface area contributed by atoms with E-state index in [1.165, 1.54) is 0 Å². The lowest BCUT2D eigenvalue weighted by molar-refractivity contribution is -0.0392. The van der Waals surface area contributed by atoms with Crippen LogP contribution in [0.1, 0.15) is 6.42 Å². The molecular weight excluding hydrogens is 239 g/mol. The lowest BCUT2D eigenvalue weighted by atomic mass is 10.0. The van der Waals surface area contributed by atoms with E-state index in [9.17, 15) is 0 Å². The molecular formula is C9H20Cl2N2O2. The Labute approximate surface area is 103 Å². The highest BCUT2D eigenvalue weighted by molar-refractivity contribution is 5.85. The van der Waals surface area contributed by atoms with Gasteiger partial charge in [0.1, 0.15) is 0 Å². The van der Waals surface area contributed by atoms with Gasteiger partial charge in [0.05, 0.1) is 19.8 Å². The fourth-order valence-corrected chi connectivity index (χ4v) is 2.02. The van der Waals surface area contributed by atoms with Crippen LogP contribution in [0.3, 0.4) is 0 Å². The van der Waals surface area contributed by atoms with Crippen molar-refractivity contribution in [2.75, 3.05) is 39.5 Å². The molecule has 6 heteroatoms. The van der Waals surface area contributed by atoms with Crippen molar-refractivity contribution in [3.8, 4) is 0 Å². The summed E-state index contributed by atoms with van der Waals surface area (Å²) in [6.07, 6.45) is 0.988. The summed E-state index contributed by atoms with van der Waals surface area (Å²) in [5.41, 5.74) is 6.05. The highest BCUT2D eigenvalue weighted by atomic mass is 35.5. The standard InChI is InChI=1S/C9H18N2O2.2ClH/c10-8-1-4-13-7-9(8)11-2-5-12-6-3-11;;/h8-9H,1-7,10H2;2*1H. The molecule has 2 rings (SSSR count). The van der Waals surface area contributed by atoms with Crippen LogP contribution in [0.2, 0.25) is 0 Å². The predicted molar refractivity (Wildman–Crippen MR) is 64.1 cm³/mol. The van der Waals surface area contributed by atoms with Gasteiger partial charge in [0.2, 0.25) is 0 Å².